The topological polar surface area (TPSA) is 186 Å². The van der Waals surface area contributed by atoms with Crippen molar-refractivity contribution in [3.8, 4) is 23.1 Å². The van der Waals surface area contributed by atoms with E-state index in [0.29, 0.717) is 35.2 Å². The van der Waals surface area contributed by atoms with Crippen molar-refractivity contribution in [2.75, 3.05) is 7.11 Å². The molecule has 5 N–H and O–H groups in total. The average molecular weight is 791 g/mol. The third kappa shape index (κ3) is 6.61. The molecular formula is C43H47FN8O6. The summed E-state index contributed by atoms with van der Waals surface area (Å²) in [6.07, 6.45) is 2.97. The van der Waals surface area contributed by atoms with Gasteiger partial charge in [-0.25, -0.2) is 23.9 Å². The van der Waals surface area contributed by atoms with Crippen molar-refractivity contribution in [2.24, 2.45) is 23.7 Å². The van der Waals surface area contributed by atoms with Gasteiger partial charge < -0.3 is 40.2 Å². The summed E-state index contributed by atoms with van der Waals surface area (Å²) in [7, 11) is 1.29. The number of aromatic amines is 2. The molecule has 8 atom stereocenters. The molecule has 9 rings (SSSR count). The lowest BCUT2D eigenvalue weighted by atomic mass is 9.91. The number of rotatable bonds is 8. The number of fused-ring (bicyclic) bond motifs is 6. The number of amides is 4. The Bertz CT molecular complexity index is 2430. The van der Waals surface area contributed by atoms with Gasteiger partial charge in [-0.05, 0) is 92.0 Å². The normalized spacial score (nSPS) is 24.6. The number of nitrogens with zero attached hydrogens (tertiary/aromatic N) is 4. The maximum absolute atomic E-state index is 15.5. The minimum absolute atomic E-state index is 0.0202. The Morgan fingerprint density at radius 3 is 2.07 bits per heavy atom. The van der Waals surface area contributed by atoms with Crippen LogP contribution >= 0.6 is 0 Å². The van der Waals surface area contributed by atoms with Crippen molar-refractivity contribution < 1.29 is 33.4 Å². The lowest BCUT2D eigenvalue weighted by molar-refractivity contribution is -0.137. The molecule has 2 saturated heterocycles. The number of halogens is 1. The van der Waals surface area contributed by atoms with Crippen LogP contribution in [0.2, 0.25) is 0 Å². The fraction of sp³-hybridized carbons (Fsp3) is 0.488. The summed E-state index contributed by atoms with van der Waals surface area (Å²) < 4.78 is 20.3. The quantitative estimate of drug-likeness (QED) is 0.143. The molecule has 0 radical (unpaired) electrons. The zero-order valence-electron chi connectivity index (χ0n) is 33.1. The Labute approximate surface area is 334 Å². The number of aryl methyl sites for hydroxylation is 2. The van der Waals surface area contributed by atoms with E-state index in [1.165, 1.54) is 13.2 Å². The van der Waals surface area contributed by atoms with Gasteiger partial charge in [0.2, 0.25) is 11.8 Å². The summed E-state index contributed by atoms with van der Waals surface area (Å²) in [5, 5.41) is 14.5. The number of piperidine rings is 2. The highest BCUT2D eigenvalue weighted by Gasteiger charge is 2.57. The molecule has 2 aromatic heterocycles. The molecule has 5 aliphatic rings. The van der Waals surface area contributed by atoms with Crippen LogP contribution in [-0.2, 0) is 27.2 Å². The van der Waals surface area contributed by atoms with Crippen LogP contribution in [-0.4, -0.2) is 90.1 Å². The van der Waals surface area contributed by atoms with E-state index in [9.17, 15) is 24.3 Å². The molecule has 0 bridgehead atoms. The molecular weight excluding hydrogens is 744 g/mol. The third-order valence-corrected chi connectivity index (χ3v) is 12.7. The fourth-order valence-electron chi connectivity index (χ4n) is 9.53. The monoisotopic (exact) mass is 790 g/mol. The number of carboxylic acid groups (broad SMARTS) is 1. The minimum atomic E-state index is -1.25. The molecule has 2 aromatic carbocycles. The molecule has 2 saturated carbocycles. The highest BCUT2D eigenvalue weighted by Crippen LogP contribution is 2.55. The Balaban J connectivity index is 0.932. The van der Waals surface area contributed by atoms with Crippen LogP contribution in [0.15, 0.2) is 30.3 Å². The second-order valence-corrected chi connectivity index (χ2v) is 17.2. The Hall–Kier alpha value is -5.91. The molecule has 4 aromatic rings. The molecule has 2 aliphatic heterocycles. The van der Waals surface area contributed by atoms with E-state index in [2.05, 4.69) is 43.5 Å². The maximum Gasteiger partial charge on any atom is 0.407 e. The SMILES string of the molecule is COC(=O)N[C@H](C(=O)N1[C@@H]2C[C@H]2C[C@H]1c1nc2c([nH]1)CCc1cc(C#Cc3cc(F)c4nc([C@@H]5C[C@H]6C[C@H]6N5C(=O)[C@@H](NC(=O)O)C(C)C)[nH]c4c3)ccc1-2)C(C)C. The van der Waals surface area contributed by atoms with E-state index >= 15 is 4.39 Å². The smallest absolute Gasteiger partial charge is 0.407 e. The van der Waals surface area contributed by atoms with Gasteiger partial charge in [0.15, 0.2) is 5.82 Å². The molecule has 14 nitrogen and oxygen atoms in total. The molecule has 0 spiro atoms. The van der Waals surface area contributed by atoms with Gasteiger partial charge in [0.1, 0.15) is 29.2 Å². The van der Waals surface area contributed by atoms with Gasteiger partial charge in [-0.2, -0.15) is 0 Å². The predicted molar refractivity (Wildman–Crippen MR) is 210 cm³/mol. The first kappa shape index (κ1) is 37.7. The van der Waals surface area contributed by atoms with Crippen molar-refractivity contribution in [3.05, 3.63) is 70.2 Å². The Morgan fingerprint density at radius 1 is 0.828 bits per heavy atom. The average Bonchev–Trinajstić information content (AvgIpc) is 3.84. The minimum Gasteiger partial charge on any atom is -0.465 e. The van der Waals surface area contributed by atoms with Crippen molar-refractivity contribution in [1.82, 2.24) is 40.4 Å². The number of hydrogen-bond acceptors (Lipinski definition) is 7. The molecule has 0 unspecified atom stereocenters. The zero-order valence-corrected chi connectivity index (χ0v) is 33.1. The number of imidazole rings is 2. The first-order chi connectivity index (χ1) is 27.8. The molecule has 3 aliphatic carbocycles. The van der Waals surface area contributed by atoms with Crippen molar-refractivity contribution >= 4 is 35.0 Å². The van der Waals surface area contributed by atoms with Crippen LogP contribution in [0.5, 0.6) is 0 Å². The highest BCUT2D eigenvalue weighted by atomic mass is 19.1. The summed E-state index contributed by atoms with van der Waals surface area (Å²) in [5.74, 6) is 7.01. The predicted octanol–water partition coefficient (Wildman–Crippen LogP) is 5.59. The van der Waals surface area contributed by atoms with Crippen molar-refractivity contribution in [2.45, 2.75) is 102 Å². The summed E-state index contributed by atoms with van der Waals surface area (Å²) in [5.41, 5.74) is 5.91. The van der Waals surface area contributed by atoms with Crippen LogP contribution in [0.25, 0.3) is 22.3 Å². The second kappa shape index (κ2) is 14.2. The lowest BCUT2D eigenvalue weighted by Crippen LogP contribution is -2.52. The number of hydrogen-bond donors (Lipinski definition) is 5. The van der Waals surface area contributed by atoms with Crippen molar-refractivity contribution in [3.63, 3.8) is 0 Å². The van der Waals surface area contributed by atoms with Crippen LogP contribution in [0.4, 0.5) is 14.0 Å². The van der Waals surface area contributed by atoms with E-state index in [1.54, 1.807) is 24.8 Å². The van der Waals surface area contributed by atoms with E-state index in [-0.39, 0.29) is 47.3 Å². The van der Waals surface area contributed by atoms with Crippen molar-refractivity contribution in [1.29, 1.82) is 0 Å². The number of methoxy groups -OCH3 is 1. The van der Waals surface area contributed by atoms with Gasteiger partial charge in [0.05, 0.1) is 30.4 Å². The number of H-pyrrole nitrogens is 2. The van der Waals surface area contributed by atoms with Gasteiger partial charge in [0.25, 0.3) is 0 Å². The van der Waals surface area contributed by atoms with E-state index in [1.807, 2.05) is 30.9 Å². The number of aromatic nitrogens is 4. The number of ether oxygens (including phenoxy) is 1. The fourth-order valence-corrected chi connectivity index (χ4v) is 9.53. The van der Waals surface area contributed by atoms with Gasteiger partial charge in [-0.3, -0.25) is 9.59 Å². The lowest BCUT2D eigenvalue weighted by Gasteiger charge is -2.31. The Morgan fingerprint density at radius 2 is 1.45 bits per heavy atom. The van der Waals surface area contributed by atoms with Gasteiger partial charge in [-0.15, -0.1) is 0 Å². The second-order valence-electron chi connectivity index (χ2n) is 17.2. The summed E-state index contributed by atoms with van der Waals surface area (Å²) in [6.45, 7) is 7.43. The number of carbonyl (C=O) groups excluding carboxylic acids is 3. The number of benzene rings is 2. The van der Waals surface area contributed by atoms with E-state index in [0.717, 1.165) is 66.0 Å². The Kier molecular flexibility index (Phi) is 9.20. The summed E-state index contributed by atoms with van der Waals surface area (Å²) >= 11 is 0. The van der Waals surface area contributed by atoms with Crippen LogP contribution < -0.4 is 10.6 Å². The number of alkyl carbamates (subject to hydrolysis) is 1. The third-order valence-electron chi connectivity index (χ3n) is 12.7. The van der Waals surface area contributed by atoms with Crippen LogP contribution in [0.3, 0.4) is 0 Å². The van der Waals surface area contributed by atoms with E-state index < -0.39 is 36.1 Å². The first-order valence-corrected chi connectivity index (χ1v) is 20.2. The van der Waals surface area contributed by atoms with Gasteiger partial charge >= 0.3 is 12.2 Å². The summed E-state index contributed by atoms with van der Waals surface area (Å²) in [6, 6.07) is 7.09. The molecule has 302 valence electrons. The zero-order chi connectivity index (χ0) is 40.7. The molecule has 15 heteroatoms. The van der Waals surface area contributed by atoms with Crippen LogP contribution in [0, 0.1) is 41.3 Å². The molecule has 4 amide bonds. The van der Waals surface area contributed by atoms with Gasteiger partial charge in [0, 0.05) is 34.5 Å². The number of nitrogens with one attached hydrogen (secondary N) is 4. The largest absolute Gasteiger partial charge is 0.465 e. The molecule has 4 fully saturated rings. The number of likely N-dealkylation sites (tertiary alicyclic amines) is 2. The van der Waals surface area contributed by atoms with Gasteiger partial charge in [-0.1, -0.05) is 45.6 Å². The highest BCUT2D eigenvalue weighted by molar-refractivity contribution is 5.88. The van der Waals surface area contributed by atoms with Crippen LogP contribution in [0.1, 0.15) is 99.5 Å². The summed E-state index contributed by atoms with van der Waals surface area (Å²) in [4.78, 5) is 71.3. The maximum atomic E-state index is 15.5. The standard InChI is InChI=1S/C43H47FN8O6/c1-19(2)34(49-42(55)56)40(53)51-30-15-25(30)18-33(51)39-46-29-14-22(13-27(44)37(29)48-39)7-6-21-8-10-26-23(12-21)9-11-28-36(26)47-38(45-28)32-17-24-16-31(24)52(32)41(54)35(20(3)4)50-43(57)58-5/h8,10,12-14,19-20,24-25,30-35,49H,9,11,15-18H2,1-5H3,(H,45,47)(H,46,48)(H,50,57)(H,55,56)/t24-,25+,30+,31+,32-,33-,34-,35-/m0/s1. The van der Waals surface area contributed by atoms with E-state index in [4.69, 9.17) is 9.72 Å². The molecule has 4 heterocycles. The number of carbonyl (C=O) groups is 4. The first-order valence-electron chi connectivity index (χ1n) is 20.2. The molecule has 58 heavy (non-hydrogen) atoms.